The van der Waals surface area contributed by atoms with Crippen molar-refractivity contribution in [3.8, 4) is 11.8 Å². The molecule has 0 heterocycles. The van der Waals surface area contributed by atoms with Crippen molar-refractivity contribution in [2.75, 3.05) is 5.32 Å². The van der Waals surface area contributed by atoms with E-state index >= 15 is 0 Å². The Hall–Kier alpha value is -3.43. The van der Waals surface area contributed by atoms with Gasteiger partial charge in [-0.3, -0.25) is 4.79 Å². The first-order valence-corrected chi connectivity index (χ1v) is 10.3. The monoisotopic (exact) mass is 478 g/mol. The van der Waals surface area contributed by atoms with Gasteiger partial charge in [-0.05, 0) is 67.4 Å². The maximum absolute atomic E-state index is 13.9. The molecule has 0 aliphatic rings. The van der Waals surface area contributed by atoms with Gasteiger partial charge in [0.05, 0.1) is 0 Å². The summed E-state index contributed by atoms with van der Waals surface area (Å²) in [6, 6.07) is 19.0. The number of halogens is 2. The summed E-state index contributed by atoms with van der Waals surface area (Å²) in [6.07, 6.45) is 1.46. The lowest BCUT2D eigenvalue weighted by Crippen LogP contribution is -2.13. The van der Waals surface area contributed by atoms with Gasteiger partial charge < -0.3 is 10.1 Å². The van der Waals surface area contributed by atoms with Gasteiger partial charge >= 0.3 is 0 Å². The summed E-state index contributed by atoms with van der Waals surface area (Å²) in [6.45, 7) is 3.95. The summed E-state index contributed by atoms with van der Waals surface area (Å²) < 4.78 is 20.4. The minimum absolute atomic E-state index is 0.0197. The van der Waals surface area contributed by atoms with Crippen molar-refractivity contribution in [1.82, 2.24) is 0 Å². The molecule has 0 atom stereocenters. The van der Waals surface area contributed by atoms with Crippen LogP contribution in [0.15, 0.2) is 70.7 Å². The summed E-state index contributed by atoms with van der Waals surface area (Å²) in [5.74, 6) is -0.453. The van der Waals surface area contributed by atoms with Gasteiger partial charge in [0.15, 0.2) is 0 Å². The Balaban J connectivity index is 1.84. The Kier molecular flexibility index (Phi) is 7.22. The molecule has 3 aromatic carbocycles. The predicted octanol–water partition coefficient (Wildman–Crippen LogP) is 6.33. The van der Waals surface area contributed by atoms with Crippen LogP contribution in [0, 0.1) is 31.0 Å². The third-order valence-corrected chi connectivity index (χ3v) is 5.24. The van der Waals surface area contributed by atoms with E-state index < -0.39 is 5.91 Å². The summed E-state index contributed by atoms with van der Waals surface area (Å²) in [5.41, 5.74) is 3.62. The van der Waals surface area contributed by atoms with Crippen LogP contribution in [-0.2, 0) is 11.4 Å². The van der Waals surface area contributed by atoms with Crippen LogP contribution in [0.2, 0.25) is 0 Å². The summed E-state index contributed by atoms with van der Waals surface area (Å²) in [5, 5.41) is 12.3. The number of carbonyl (C=O) groups excluding carboxylic acids is 1. The zero-order valence-electron chi connectivity index (χ0n) is 17.1. The number of nitrogens with one attached hydrogen (secondary N) is 1. The molecule has 0 aliphatic carbocycles. The topological polar surface area (TPSA) is 62.1 Å². The first kappa shape index (κ1) is 22.3. The molecule has 0 radical (unpaired) electrons. The molecule has 0 saturated carbocycles. The minimum atomic E-state index is -0.522. The lowest BCUT2D eigenvalue weighted by atomic mass is 10.1. The summed E-state index contributed by atoms with van der Waals surface area (Å²) in [7, 11) is 0. The lowest BCUT2D eigenvalue weighted by molar-refractivity contribution is -0.112. The highest BCUT2D eigenvalue weighted by Crippen LogP contribution is 2.27. The maximum Gasteiger partial charge on any atom is 0.266 e. The standard InChI is InChI=1S/C25H20BrFN2O2/c1-16-7-9-22(11-17(16)2)29-25(30)20(14-28)12-19-13-21(26)8-10-24(19)31-15-18-5-3-4-6-23(18)27/h3-13H,15H2,1-2H3,(H,29,30)/b20-12+. The number of carbonyl (C=O) groups is 1. The molecule has 0 spiro atoms. The van der Waals surface area contributed by atoms with Crippen LogP contribution in [-0.4, -0.2) is 5.91 Å². The van der Waals surface area contributed by atoms with Gasteiger partial charge in [-0.25, -0.2) is 4.39 Å². The van der Waals surface area contributed by atoms with Crippen molar-refractivity contribution in [2.24, 2.45) is 0 Å². The van der Waals surface area contributed by atoms with Crippen molar-refractivity contribution >= 4 is 33.6 Å². The minimum Gasteiger partial charge on any atom is -0.488 e. The van der Waals surface area contributed by atoms with Crippen LogP contribution in [0.25, 0.3) is 6.08 Å². The predicted molar refractivity (Wildman–Crippen MR) is 123 cm³/mol. The van der Waals surface area contributed by atoms with Crippen LogP contribution in [0.1, 0.15) is 22.3 Å². The fourth-order valence-electron chi connectivity index (χ4n) is 2.86. The van der Waals surface area contributed by atoms with Crippen molar-refractivity contribution in [2.45, 2.75) is 20.5 Å². The van der Waals surface area contributed by atoms with E-state index in [1.807, 2.05) is 32.0 Å². The van der Waals surface area contributed by atoms with E-state index in [4.69, 9.17) is 4.74 Å². The highest BCUT2D eigenvalue weighted by atomic mass is 79.9. The van der Waals surface area contributed by atoms with Crippen LogP contribution in [0.3, 0.4) is 0 Å². The van der Waals surface area contributed by atoms with Crippen molar-refractivity contribution in [3.63, 3.8) is 0 Å². The summed E-state index contributed by atoms with van der Waals surface area (Å²) in [4.78, 5) is 12.7. The van der Waals surface area contributed by atoms with Crippen LogP contribution in [0.5, 0.6) is 5.75 Å². The van der Waals surface area contributed by atoms with Gasteiger partial charge in [-0.2, -0.15) is 5.26 Å². The molecule has 0 aliphatic heterocycles. The number of aryl methyl sites for hydroxylation is 2. The van der Waals surface area contributed by atoms with Gasteiger partial charge in [0, 0.05) is 21.3 Å². The number of benzene rings is 3. The van der Waals surface area contributed by atoms with Gasteiger partial charge in [-0.15, -0.1) is 0 Å². The van der Waals surface area contributed by atoms with Crippen molar-refractivity contribution < 1.29 is 13.9 Å². The smallest absolute Gasteiger partial charge is 0.266 e. The highest BCUT2D eigenvalue weighted by molar-refractivity contribution is 9.10. The average molecular weight is 479 g/mol. The Morgan fingerprint density at radius 3 is 2.61 bits per heavy atom. The Morgan fingerprint density at radius 1 is 1.13 bits per heavy atom. The van der Waals surface area contributed by atoms with E-state index in [1.165, 1.54) is 12.1 Å². The third kappa shape index (κ3) is 5.80. The Bertz CT molecular complexity index is 1200. The zero-order valence-corrected chi connectivity index (χ0v) is 18.7. The average Bonchev–Trinajstić information content (AvgIpc) is 2.75. The number of rotatable bonds is 6. The molecular formula is C25H20BrFN2O2. The molecule has 0 fully saturated rings. The number of ether oxygens (including phenoxy) is 1. The molecule has 6 heteroatoms. The van der Waals surface area contributed by atoms with Crippen LogP contribution < -0.4 is 10.1 Å². The molecule has 156 valence electrons. The van der Waals surface area contributed by atoms with Gasteiger partial charge in [0.2, 0.25) is 0 Å². The lowest BCUT2D eigenvalue weighted by Gasteiger charge is -2.11. The van der Waals surface area contributed by atoms with Crippen LogP contribution >= 0.6 is 15.9 Å². The van der Waals surface area contributed by atoms with Crippen molar-refractivity contribution in [1.29, 1.82) is 5.26 Å². The quantitative estimate of drug-likeness (QED) is 0.332. The van der Waals surface area contributed by atoms with Crippen molar-refractivity contribution in [3.05, 3.63) is 98.8 Å². The molecular weight excluding hydrogens is 459 g/mol. The first-order valence-electron chi connectivity index (χ1n) is 9.53. The van der Waals surface area contributed by atoms with Crippen LogP contribution in [0.4, 0.5) is 10.1 Å². The van der Waals surface area contributed by atoms with E-state index in [1.54, 1.807) is 42.5 Å². The number of nitrogens with zero attached hydrogens (tertiary/aromatic N) is 1. The zero-order chi connectivity index (χ0) is 22.4. The van der Waals surface area contributed by atoms with Gasteiger partial charge in [-0.1, -0.05) is 40.2 Å². The second-order valence-electron chi connectivity index (χ2n) is 6.99. The van der Waals surface area contributed by atoms with E-state index in [-0.39, 0.29) is 18.0 Å². The number of amides is 1. The second kappa shape index (κ2) is 10.1. The fraction of sp³-hybridized carbons (Fsp3) is 0.120. The normalized spacial score (nSPS) is 11.0. The SMILES string of the molecule is Cc1ccc(NC(=O)/C(C#N)=C/c2cc(Br)ccc2OCc2ccccc2F)cc1C. The van der Waals surface area contributed by atoms with E-state index in [2.05, 4.69) is 21.2 Å². The number of hydrogen-bond acceptors (Lipinski definition) is 3. The maximum atomic E-state index is 13.9. The summed E-state index contributed by atoms with van der Waals surface area (Å²) >= 11 is 3.39. The number of nitriles is 1. The van der Waals surface area contributed by atoms with Gasteiger partial charge in [0.25, 0.3) is 5.91 Å². The molecule has 1 amide bonds. The molecule has 31 heavy (non-hydrogen) atoms. The third-order valence-electron chi connectivity index (χ3n) is 4.74. The second-order valence-corrected chi connectivity index (χ2v) is 7.90. The Labute approximate surface area is 189 Å². The molecule has 4 nitrogen and oxygen atoms in total. The highest BCUT2D eigenvalue weighted by Gasteiger charge is 2.13. The molecule has 1 N–H and O–H groups in total. The molecule has 0 aromatic heterocycles. The molecule has 0 saturated heterocycles. The molecule has 0 bridgehead atoms. The largest absolute Gasteiger partial charge is 0.488 e. The Morgan fingerprint density at radius 2 is 1.90 bits per heavy atom. The van der Waals surface area contributed by atoms with Gasteiger partial charge in [0.1, 0.15) is 29.8 Å². The fourth-order valence-corrected chi connectivity index (χ4v) is 3.24. The molecule has 3 rings (SSSR count). The molecule has 3 aromatic rings. The number of hydrogen-bond donors (Lipinski definition) is 1. The number of anilines is 1. The first-order chi connectivity index (χ1) is 14.9. The van der Waals surface area contributed by atoms with E-state index in [0.717, 1.165) is 15.6 Å². The van der Waals surface area contributed by atoms with E-state index in [9.17, 15) is 14.4 Å². The molecule has 0 unspecified atom stereocenters. The van der Waals surface area contributed by atoms with E-state index in [0.29, 0.717) is 22.6 Å².